The van der Waals surface area contributed by atoms with Gasteiger partial charge in [0.05, 0.1) is 17.1 Å². The van der Waals surface area contributed by atoms with Crippen molar-refractivity contribution >= 4 is 0 Å². The van der Waals surface area contributed by atoms with Crippen molar-refractivity contribution in [3.63, 3.8) is 0 Å². The van der Waals surface area contributed by atoms with Crippen LogP contribution in [-0.4, -0.2) is 15.1 Å². The molecule has 0 atom stereocenters. The molecule has 2 aromatic heterocycles. The minimum absolute atomic E-state index is 0.255. The van der Waals surface area contributed by atoms with Crippen LogP contribution in [0, 0.1) is 0 Å². The van der Waals surface area contributed by atoms with E-state index in [1.807, 2.05) is 36.5 Å². The van der Waals surface area contributed by atoms with Gasteiger partial charge in [-0.15, -0.1) is 0 Å². The van der Waals surface area contributed by atoms with Gasteiger partial charge in [0.25, 0.3) is 0 Å². The fourth-order valence-corrected chi connectivity index (χ4v) is 3.60. The Kier molecular flexibility index (Phi) is 3.32. The Labute approximate surface area is 151 Å². The molecule has 0 radical (unpaired) electrons. The van der Waals surface area contributed by atoms with Gasteiger partial charge in [-0.05, 0) is 53.6 Å². The van der Waals surface area contributed by atoms with Crippen LogP contribution in [-0.2, 0) is 6.42 Å². The summed E-state index contributed by atoms with van der Waals surface area (Å²) in [7, 11) is 0. The summed E-state index contributed by atoms with van der Waals surface area (Å²) >= 11 is 0. The number of phenolic OH excluding ortho intramolecular Hbond substituents is 1. The molecule has 0 saturated heterocycles. The zero-order valence-corrected chi connectivity index (χ0v) is 14.1. The summed E-state index contributed by atoms with van der Waals surface area (Å²) < 4.78 is 0. The highest BCUT2D eigenvalue weighted by atomic mass is 16.3. The first-order valence-corrected chi connectivity index (χ1v) is 8.62. The molecule has 4 aromatic rings. The van der Waals surface area contributed by atoms with Gasteiger partial charge in [0.15, 0.2) is 0 Å². The van der Waals surface area contributed by atoms with Crippen LogP contribution in [0.3, 0.4) is 0 Å². The predicted molar refractivity (Wildman–Crippen MR) is 103 cm³/mol. The molecule has 0 bridgehead atoms. The van der Waals surface area contributed by atoms with Gasteiger partial charge in [0.1, 0.15) is 5.75 Å². The predicted octanol–water partition coefficient (Wildman–Crippen LogP) is 5.09. The second kappa shape index (κ2) is 5.81. The Hall–Kier alpha value is -3.46. The van der Waals surface area contributed by atoms with Gasteiger partial charge in [-0.2, -0.15) is 0 Å². The van der Waals surface area contributed by atoms with Gasteiger partial charge in [-0.25, -0.2) is 4.98 Å². The summed E-state index contributed by atoms with van der Waals surface area (Å²) in [4.78, 5) is 9.54. The van der Waals surface area contributed by atoms with Crippen molar-refractivity contribution < 1.29 is 5.11 Å². The SMILES string of the molecule is Oc1ccc(-c2cc(-c3ccccn3)c3c(n2)-c2ccccc2C3)cc1. The summed E-state index contributed by atoms with van der Waals surface area (Å²) in [6.07, 6.45) is 2.70. The number of hydrogen-bond acceptors (Lipinski definition) is 3. The minimum Gasteiger partial charge on any atom is -0.508 e. The standard InChI is InChI=1S/C23H16N2O/c26-17-10-8-15(9-11-17)22-14-19(21-7-3-4-12-24-21)20-13-16-5-1-2-6-18(16)23(20)25-22/h1-12,14,26H,13H2. The average molecular weight is 336 g/mol. The minimum atomic E-state index is 0.255. The zero-order valence-electron chi connectivity index (χ0n) is 14.1. The second-order valence-corrected chi connectivity index (χ2v) is 6.48. The van der Waals surface area contributed by atoms with Gasteiger partial charge in [0.2, 0.25) is 0 Å². The molecule has 2 heterocycles. The number of aromatic nitrogens is 2. The maximum atomic E-state index is 9.59. The lowest BCUT2D eigenvalue weighted by atomic mass is 9.99. The van der Waals surface area contributed by atoms with Crippen molar-refractivity contribution in [2.75, 3.05) is 0 Å². The van der Waals surface area contributed by atoms with Gasteiger partial charge >= 0.3 is 0 Å². The number of nitrogens with zero attached hydrogens (tertiary/aromatic N) is 2. The second-order valence-electron chi connectivity index (χ2n) is 6.48. The van der Waals surface area contributed by atoms with Crippen molar-refractivity contribution in [3.8, 4) is 39.5 Å². The molecule has 0 aliphatic heterocycles. The Morgan fingerprint density at radius 1 is 0.769 bits per heavy atom. The molecule has 0 fully saturated rings. The van der Waals surface area contributed by atoms with E-state index in [1.165, 1.54) is 16.7 Å². The summed E-state index contributed by atoms with van der Waals surface area (Å²) in [5, 5.41) is 9.59. The topological polar surface area (TPSA) is 46.0 Å². The van der Waals surface area contributed by atoms with E-state index in [4.69, 9.17) is 4.98 Å². The van der Waals surface area contributed by atoms with Crippen LogP contribution in [0.5, 0.6) is 5.75 Å². The van der Waals surface area contributed by atoms with Crippen LogP contribution in [0.25, 0.3) is 33.8 Å². The molecular formula is C23H16N2O. The van der Waals surface area contributed by atoms with Gasteiger partial charge in [0, 0.05) is 29.3 Å². The van der Waals surface area contributed by atoms with E-state index in [1.54, 1.807) is 12.1 Å². The number of fused-ring (bicyclic) bond motifs is 3. The van der Waals surface area contributed by atoms with E-state index >= 15 is 0 Å². The zero-order chi connectivity index (χ0) is 17.5. The number of benzene rings is 2. The van der Waals surface area contributed by atoms with Crippen LogP contribution in [0.15, 0.2) is 79.0 Å². The summed E-state index contributed by atoms with van der Waals surface area (Å²) in [5.74, 6) is 0.255. The van der Waals surface area contributed by atoms with Crippen LogP contribution < -0.4 is 0 Å². The fourth-order valence-electron chi connectivity index (χ4n) is 3.60. The van der Waals surface area contributed by atoms with E-state index in [0.717, 1.165) is 34.6 Å². The first-order valence-electron chi connectivity index (χ1n) is 8.62. The molecule has 26 heavy (non-hydrogen) atoms. The van der Waals surface area contributed by atoms with E-state index in [-0.39, 0.29) is 5.75 Å². The molecule has 0 amide bonds. The van der Waals surface area contributed by atoms with Crippen LogP contribution in [0.1, 0.15) is 11.1 Å². The first-order chi connectivity index (χ1) is 12.8. The lowest BCUT2D eigenvalue weighted by Crippen LogP contribution is -1.95. The number of hydrogen-bond donors (Lipinski definition) is 1. The van der Waals surface area contributed by atoms with E-state index in [9.17, 15) is 5.11 Å². The summed E-state index contributed by atoms with van der Waals surface area (Å²) in [6.45, 7) is 0. The molecular weight excluding hydrogens is 320 g/mol. The molecule has 0 spiro atoms. The monoisotopic (exact) mass is 336 g/mol. The lowest BCUT2D eigenvalue weighted by molar-refractivity contribution is 0.475. The van der Waals surface area contributed by atoms with Crippen molar-refractivity contribution in [1.29, 1.82) is 0 Å². The number of aromatic hydroxyl groups is 1. The van der Waals surface area contributed by atoms with E-state index in [0.29, 0.717) is 0 Å². The molecule has 2 aromatic carbocycles. The summed E-state index contributed by atoms with van der Waals surface area (Å²) in [5.41, 5.74) is 8.71. The van der Waals surface area contributed by atoms with Crippen molar-refractivity contribution in [1.82, 2.24) is 9.97 Å². The number of phenols is 1. The Bertz CT molecular complexity index is 1100. The Balaban J connectivity index is 1.78. The normalized spacial score (nSPS) is 11.8. The van der Waals surface area contributed by atoms with Crippen LogP contribution in [0.2, 0.25) is 0 Å². The van der Waals surface area contributed by atoms with E-state index < -0.39 is 0 Å². The third-order valence-electron chi connectivity index (χ3n) is 4.87. The molecule has 124 valence electrons. The van der Waals surface area contributed by atoms with Crippen molar-refractivity contribution in [3.05, 3.63) is 90.1 Å². The van der Waals surface area contributed by atoms with Crippen LogP contribution >= 0.6 is 0 Å². The van der Waals surface area contributed by atoms with Crippen LogP contribution in [0.4, 0.5) is 0 Å². The fraction of sp³-hybridized carbons (Fsp3) is 0.0435. The van der Waals surface area contributed by atoms with E-state index in [2.05, 4.69) is 35.3 Å². The van der Waals surface area contributed by atoms with Crippen molar-refractivity contribution in [2.45, 2.75) is 6.42 Å². The summed E-state index contributed by atoms with van der Waals surface area (Å²) in [6, 6.07) is 23.7. The largest absolute Gasteiger partial charge is 0.508 e. The van der Waals surface area contributed by atoms with Gasteiger partial charge < -0.3 is 5.11 Å². The molecule has 1 aliphatic rings. The highest BCUT2D eigenvalue weighted by Crippen LogP contribution is 2.41. The maximum Gasteiger partial charge on any atom is 0.115 e. The molecule has 0 unspecified atom stereocenters. The number of pyridine rings is 2. The highest BCUT2D eigenvalue weighted by molar-refractivity contribution is 5.84. The Morgan fingerprint density at radius 3 is 2.38 bits per heavy atom. The highest BCUT2D eigenvalue weighted by Gasteiger charge is 2.24. The molecule has 0 saturated carbocycles. The lowest BCUT2D eigenvalue weighted by Gasteiger charge is -2.11. The third kappa shape index (κ3) is 2.37. The average Bonchev–Trinajstić information content (AvgIpc) is 3.07. The smallest absolute Gasteiger partial charge is 0.115 e. The molecule has 3 heteroatoms. The van der Waals surface area contributed by atoms with Gasteiger partial charge in [-0.1, -0.05) is 30.3 Å². The molecule has 5 rings (SSSR count). The number of rotatable bonds is 2. The maximum absolute atomic E-state index is 9.59. The third-order valence-corrected chi connectivity index (χ3v) is 4.87. The first kappa shape index (κ1) is 14.8. The Morgan fingerprint density at radius 2 is 1.58 bits per heavy atom. The molecule has 3 nitrogen and oxygen atoms in total. The van der Waals surface area contributed by atoms with Crippen molar-refractivity contribution in [2.24, 2.45) is 0 Å². The quantitative estimate of drug-likeness (QED) is 0.488. The van der Waals surface area contributed by atoms with Gasteiger partial charge in [-0.3, -0.25) is 4.98 Å². The molecule has 1 N–H and O–H groups in total. The molecule has 1 aliphatic carbocycles.